The molecule has 1 aromatic rings. The van der Waals surface area contributed by atoms with Crippen LogP contribution in [0.15, 0.2) is 23.1 Å². The van der Waals surface area contributed by atoms with Gasteiger partial charge in [0.05, 0.1) is 11.6 Å². The van der Waals surface area contributed by atoms with Crippen LogP contribution in [0.1, 0.15) is 12.8 Å². The number of benzene rings is 1. The van der Waals surface area contributed by atoms with Gasteiger partial charge in [0, 0.05) is 11.6 Å². The summed E-state index contributed by atoms with van der Waals surface area (Å²) >= 11 is 11.8. The SMILES string of the molecule is C#CCN(CC1CC1)S(=O)(=O)c1cc(Cl)ccc1Cl. The minimum absolute atomic E-state index is 0.0116. The molecule has 0 amide bonds. The predicted molar refractivity (Wildman–Crippen MR) is 76.8 cm³/mol. The number of sulfonamides is 1. The summed E-state index contributed by atoms with van der Waals surface area (Å²) in [5, 5.41) is 0.484. The molecule has 6 heteroatoms. The Morgan fingerprint density at radius 3 is 2.63 bits per heavy atom. The summed E-state index contributed by atoms with van der Waals surface area (Å²) in [6.07, 6.45) is 7.34. The molecule has 0 radical (unpaired) electrons. The fraction of sp³-hybridized carbons (Fsp3) is 0.385. The highest BCUT2D eigenvalue weighted by Gasteiger charge is 2.32. The molecule has 102 valence electrons. The highest BCUT2D eigenvalue weighted by Crippen LogP contribution is 2.33. The van der Waals surface area contributed by atoms with Gasteiger partial charge in [-0.15, -0.1) is 6.42 Å². The maximum absolute atomic E-state index is 12.5. The van der Waals surface area contributed by atoms with Crippen LogP contribution >= 0.6 is 23.2 Å². The lowest BCUT2D eigenvalue weighted by atomic mass is 10.4. The Bertz CT molecular complexity index is 618. The Morgan fingerprint density at radius 2 is 2.05 bits per heavy atom. The van der Waals surface area contributed by atoms with Crippen LogP contribution in [0.3, 0.4) is 0 Å². The van der Waals surface area contributed by atoms with Crippen molar-refractivity contribution in [2.45, 2.75) is 17.7 Å². The molecule has 0 bridgehead atoms. The second-order valence-electron chi connectivity index (χ2n) is 4.52. The molecule has 1 aliphatic rings. The fourth-order valence-electron chi connectivity index (χ4n) is 1.75. The van der Waals surface area contributed by atoms with Crippen LogP contribution in [0.25, 0.3) is 0 Å². The second kappa shape index (κ2) is 5.72. The summed E-state index contributed by atoms with van der Waals surface area (Å²) in [6, 6.07) is 4.38. The molecule has 0 unspecified atom stereocenters. The Hall–Kier alpha value is -0.730. The van der Waals surface area contributed by atoms with Gasteiger partial charge in [-0.3, -0.25) is 0 Å². The van der Waals surface area contributed by atoms with Crippen LogP contribution in [0.4, 0.5) is 0 Å². The van der Waals surface area contributed by atoms with Crippen LogP contribution in [0, 0.1) is 18.3 Å². The third-order valence-electron chi connectivity index (χ3n) is 2.94. The monoisotopic (exact) mass is 317 g/mol. The number of hydrogen-bond acceptors (Lipinski definition) is 2. The van der Waals surface area contributed by atoms with Gasteiger partial charge in [0.1, 0.15) is 4.90 Å². The first-order chi connectivity index (χ1) is 8.95. The van der Waals surface area contributed by atoms with E-state index in [4.69, 9.17) is 29.6 Å². The largest absolute Gasteiger partial charge is 0.245 e. The molecule has 19 heavy (non-hydrogen) atoms. The summed E-state index contributed by atoms with van der Waals surface area (Å²) < 4.78 is 26.4. The van der Waals surface area contributed by atoms with Crippen LogP contribution in [0.5, 0.6) is 0 Å². The zero-order chi connectivity index (χ0) is 14.0. The zero-order valence-corrected chi connectivity index (χ0v) is 12.5. The number of hydrogen-bond donors (Lipinski definition) is 0. The van der Waals surface area contributed by atoms with E-state index < -0.39 is 10.0 Å². The fourth-order valence-corrected chi connectivity index (χ4v) is 3.92. The van der Waals surface area contributed by atoms with Gasteiger partial charge in [0.15, 0.2) is 0 Å². The van der Waals surface area contributed by atoms with Crippen molar-refractivity contribution in [3.8, 4) is 12.3 Å². The molecule has 0 aromatic heterocycles. The molecule has 0 heterocycles. The average molecular weight is 318 g/mol. The van der Waals surface area contributed by atoms with Crippen molar-refractivity contribution in [2.24, 2.45) is 5.92 Å². The Kier molecular flexibility index (Phi) is 4.42. The summed E-state index contributed by atoms with van der Waals surface area (Å²) in [5.74, 6) is 2.79. The molecular formula is C13H13Cl2NO2S. The molecule has 2 rings (SSSR count). The van der Waals surface area contributed by atoms with Gasteiger partial charge in [-0.2, -0.15) is 4.31 Å². The minimum Gasteiger partial charge on any atom is -0.207 e. The number of nitrogens with zero attached hydrogens (tertiary/aromatic N) is 1. The van der Waals surface area contributed by atoms with E-state index in [0.717, 1.165) is 12.8 Å². The molecule has 0 saturated heterocycles. The van der Waals surface area contributed by atoms with Gasteiger partial charge in [-0.05, 0) is 37.0 Å². The molecule has 0 aliphatic heterocycles. The first-order valence-electron chi connectivity index (χ1n) is 5.84. The van der Waals surface area contributed by atoms with Crippen molar-refractivity contribution in [2.75, 3.05) is 13.1 Å². The molecule has 1 fully saturated rings. The number of rotatable bonds is 5. The molecule has 1 saturated carbocycles. The summed E-state index contributed by atoms with van der Waals surface area (Å²) in [6.45, 7) is 0.483. The number of halogens is 2. The van der Waals surface area contributed by atoms with E-state index in [2.05, 4.69) is 5.92 Å². The third kappa shape index (κ3) is 3.43. The van der Waals surface area contributed by atoms with E-state index in [1.807, 2.05) is 0 Å². The van der Waals surface area contributed by atoms with Gasteiger partial charge >= 0.3 is 0 Å². The Labute approximate surface area is 123 Å². The topological polar surface area (TPSA) is 37.4 Å². The van der Waals surface area contributed by atoms with Crippen LogP contribution in [-0.2, 0) is 10.0 Å². The van der Waals surface area contributed by atoms with Crippen molar-refractivity contribution >= 4 is 33.2 Å². The first-order valence-corrected chi connectivity index (χ1v) is 8.03. The maximum atomic E-state index is 12.5. The molecule has 0 N–H and O–H groups in total. The highest BCUT2D eigenvalue weighted by molar-refractivity contribution is 7.89. The third-order valence-corrected chi connectivity index (χ3v) is 5.47. The smallest absolute Gasteiger partial charge is 0.207 e. The van der Waals surface area contributed by atoms with E-state index in [1.165, 1.54) is 16.4 Å². The molecule has 1 aromatic carbocycles. The van der Waals surface area contributed by atoms with E-state index in [9.17, 15) is 8.42 Å². The highest BCUT2D eigenvalue weighted by atomic mass is 35.5. The summed E-state index contributed by atoms with van der Waals surface area (Å²) in [4.78, 5) is 0.0116. The molecular weight excluding hydrogens is 305 g/mol. The lowest BCUT2D eigenvalue weighted by Crippen LogP contribution is -2.33. The van der Waals surface area contributed by atoms with Crippen molar-refractivity contribution in [3.05, 3.63) is 28.2 Å². The quantitative estimate of drug-likeness (QED) is 0.783. The standard InChI is InChI=1S/C13H13Cl2NO2S/c1-2-7-16(9-10-3-4-10)19(17,18)13-8-11(14)5-6-12(13)15/h1,5-6,8,10H,3-4,7,9H2. The first kappa shape index (κ1) is 14.7. The molecule has 3 nitrogen and oxygen atoms in total. The van der Waals surface area contributed by atoms with Gasteiger partial charge in [0.25, 0.3) is 0 Å². The van der Waals surface area contributed by atoms with E-state index in [0.29, 0.717) is 17.5 Å². The zero-order valence-electron chi connectivity index (χ0n) is 10.1. The van der Waals surface area contributed by atoms with Crippen molar-refractivity contribution < 1.29 is 8.42 Å². The number of terminal acetylenes is 1. The van der Waals surface area contributed by atoms with Gasteiger partial charge in [0.2, 0.25) is 10.0 Å². The van der Waals surface area contributed by atoms with Crippen molar-refractivity contribution in [1.82, 2.24) is 4.31 Å². The Balaban J connectivity index is 2.37. The molecule has 0 spiro atoms. The van der Waals surface area contributed by atoms with Gasteiger partial charge in [-0.1, -0.05) is 29.1 Å². The Morgan fingerprint density at radius 1 is 1.37 bits per heavy atom. The van der Waals surface area contributed by atoms with E-state index in [1.54, 1.807) is 6.07 Å². The average Bonchev–Trinajstić information content (AvgIpc) is 3.15. The summed E-state index contributed by atoms with van der Waals surface area (Å²) in [7, 11) is -3.70. The lowest BCUT2D eigenvalue weighted by Gasteiger charge is -2.20. The second-order valence-corrected chi connectivity index (χ2v) is 7.27. The van der Waals surface area contributed by atoms with E-state index >= 15 is 0 Å². The van der Waals surface area contributed by atoms with Crippen molar-refractivity contribution in [3.63, 3.8) is 0 Å². The lowest BCUT2D eigenvalue weighted by molar-refractivity contribution is 0.430. The maximum Gasteiger partial charge on any atom is 0.245 e. The van der Waals surface area contributed by atoms with E-state index in [-0.39, 0.29) is 16.5 Å². The van der Waals surface area contributed by atoms with Gasteiger partial charge in [-0.25, -0.2) is 8.42 Å². The van der Waals surface area contributed by atoms with Crippen LogP contribution in [-0.4, -0.2) is 25.8 Å². The van der Waals surface area contributed by atoms with Crippen LogP contribution < -0.4 is 0 Å². The van der Waals surface area contributed by atoms with Crippen LogP contribution in [0.2, 0.25) is 10.0 Å². The summed E-state index contributed by atoms with van der Waals surface area (Å²) in [5.41, 5.74) is 0. The minimum atomic E-state index is -3.70. The molecule has 1 aliphatic carbocycles. The normalized spacial score (nSPS) is 15.5. The van der Waals surface area contributed by atoms with Gasteiger partial charge < -0.3 is 0 Å². The van der Waals surface area contributed by atoms with Crippen molar-refractivity contribution in [1.29, 1.82) is 0 Å². The predicted octanol–water partition coefficient (Wildman–Crippen LogP) is 3.03. The molecule has 0 atom stereocenters.